The lowest BCUT2D eigenvalue weighted by Gasteiger charge is -2.20. The van der Waals surface area contributed by atoms with Crippen LogP contribution in [0.25, 0.3) is 134 Å². The minimum atomic E-state index is -4.81. The molecular formula is C69H39F3N10. The third-order valence-corrected chi connectivity index (χ3v) is 14.7. The summed E-state index contributed by atoms with van der Waals surface area (Å²) < 4.78 is 49.1. The van der Waals surface area contributed by atoms with Crippen LogP contribution in [0, 0.1) is 22.7 Å². The van der Waals surface area contributed by atoms with E-state index in [1.807, 2.05) is 221 Å². The van der Waals surface area contributed by atoms with E-state index in [4.69, 9.17) is 29.9 Å². The quantitative estimate of drug-likeness (QED) is 0.139. The molecule has 4 heterocycles. The first-order chi connectivity index (χ1) is 40.2. The molecule has 0 fully saturated rings. The van der Waals surface area contributed by atoms with Crippen molar-refractivity contribution in [1.82, 2.24) is 39.0 Å². The first kappa shape index (κ1) is 48.9. The van der Waals surface area contributed by atoms with Crippen LogP contribution in [0.1, 0.15) is 16.7 Å². The van der Waals surface area contributed by atoms with Crippen LogP contribution in [-0.2, 0) is 6.18 Å². The number of hydrogen-bond donors (Lipinski definition) is 0. The van der Waals surface area contributed by atoms with Crippen LogP contribution in [0.5, 0.6) is 0 Å². The molecule has 14 aromatic rings. The standard InChI is InChI=1S/C69H39F3N10/c70-69(71,72)51-34-42(40-73)33-49(35-51)56-39-59(81-57-27-15-13-25-52(57)54-31-29-47(36-60(54)81)67-77-63(43-17-5-1-6-18-43)75-64(78-67)44-19-7-2-8-20-44)50(41-74)38-62(56)82-58-28-16-14-26-53(58)55-32-30-48(37-61(55)82)68-79-65(45-21-9-3-10-22-45)76-66(80-68)46-23-11-4-12-24-46/h1-39H. The van der Waals surface area contributed by atoms with Gasteiger partial charge in [0, 0.05) is 60.5 Å². The van der Waals surface area contributed by atoms with Crippen LogP contribution in [0.15, 0.2) is 237 Å². The second-order valence-corrected chi connectivity index (χ2v) is 19.7. The van der Waals surface area contributed by atoms with Crippen molar-refractivity contribution >= 4 is 43.6 Å². The van der Waals surface area contributed by atoms with Gasteiger partial charge in [-0.25, -0.2) is 29.9 Å². The Hall–Kier alpha value is -11.4. The van der Waals surface area contributed by atoms with Crippen LogP contribution in [0.4, 0.5) is 13.2 Å². The van der Waals surface area contributed by atoms with Crippen molar-refractivity contribution in [2.24, 2.45) is 0 Å². The van der Waals surface area contributed by atoms with Crippen molar-refractivity contribution < 1.29 is 13.2 Å². The van der Waals surface area contributed by atoms with Gasteiger partial charge in [-0.05, 0) is 60.2 Å². The molecule has 82 heavy (non-hydrogen) atoms. The Morgan fingerprint density at radius 3 is 1.10 bits per heavy atom. The van der Waals surface area contributed by atoms with Crippen molar-refractivity contribution in [2.75, 3.05) is 0 Å². The maximum atomic E-state index is 15.1. The van der Waals surface area contributed by atoms with Gasteiger partial charge in [0.2, 0.25) is 0 Å². The molecular weight excluding hydrogens is 1030 g/mol. The zero-order valence-corrected chi connectivity index (χ0v) is 43.1. The molecule has 0 amide bonds. The summed E-state index contributed by atoms with van der Waals surface area (Å²) in [6.07, 6.45) is -4.81. The average Bonchev–Trinajstić information content (AvgIpc) is 3.02. The lowest BCUT2D eigenvalue weighted by molar-refractivity contribution is -0.137. The molecule has 0 aliphatic heterocycles. The summed E-state index contributed by atoms with van der Waals surface area (Å²) in [4.78, 5) is 29.9. The van der Waals surface area contributed by atoms with E-state index >= 15 is 13.2 Å². The zero-order valence-electron chi connectivity index (χ0n) is 43.1. The molecule has 0 N–H and O–H groups in total. The van der Waals surface area contributed by atoms with Crippen LogP contribution in [0.2, 0.25) is 0 Å². The first-order valence-corrected chi connectivity index (χ1v) is 26.2. The second-order valence-electron chi connectivity index (χ2n) is 19.7. The summed E-state index contributed by atoms with van der Waals surface area (Å²) in [5, 5.41) is 25.3. The van der Waals surface area contributed by atoms with Gasteiger partial charge in [0.25, 0.3) is 0 Å². The second kappa shape index (κ2) is 19.8. The zero-order chi connectivity index (χ0) is 55.5. The molecule has 0 saturated carbocycles. The highest BCUT2D eigenvalue weighted by atomic mass is 19.4. The third kappa shape index (κ3) is 8.63. The lowest BCUT2D eigenvalue weighted by atomic mass is 9.95. The number of halogens is 3. The van der Waals surface area contributed by atoms with E-state index in [0.29, 0.717) is 79.6 Å². The van der Waals surface area contributed by atoms with E-state index in [0.717, 1.165) is 61.4 Å². The number of hydrogen-bond acceptors (Lipinski definition) is 8. The van der Waals surface area contributed by atoms with E-state index in [1.54, 1.807) is 12.1 Å². The molecule has 0 aliphatic carbocycles. The molecule has 386 valence electrons. The number of alkyl halides is 3. The van der Waals surface area contributed by atoms with Gasteiger partial charge in [-0.3, -0.25) is 0 Å². The summed E-state index contributed by atoms with van der Waals surface area (Å²) in [6.45, 7) is 0. The van der Waals surface area contributed by atoms with Crippen LogP contribution < -0.4 is 0 Å². The van der Waals surface area contributed by atoms with Gasteiger partial charge >= 0.3 is 6.18 Å². The van der Waals surface area contributed by atoms with Crippen molar-refractivity contribution in [3.63, 3.8) is 0 Å². The van der Waals surface area contributed by atoms with Gasteiger partial charge in [-0.2, -0.15) is 23.7 Å². The molecule has 13 heteroatoms. The smallest absolute Gasteiger partial charge is 0.309 e. The monoisotopic (exact) mass is 1060 g/mol. The maximum absolute atomic E-state index is 15.1. The normalized spacial score (nSPS) is 11.6. The van der Waals surface area contributed by atoms with Gasteiger partial charge in [0.1, 0.15) is 6.07 Å². The molecule has 0 aliphatic rings. The Balaban J connectivity index is 1.04. The van der Waals surface area contributed by atoms with Crippen LogP contribution >= 0.6 is 0 Å². The van der Waals surface area contributed by atoms with Gasteiger partial charge in [-0.15, -0.1) is 0 Å². The fourth-order valence-corrected chi connectivity index (χ4v) is 10.9. The van der Waals surface area contributed by atoms with Gasteiger partial charge in [-0.1, -0.05) is 182 Å². The summed E-state index contributed by atoms with van der Waals surface area (Å²) in [6, 6.07) is 77.4. The minimum Gasteiger partial charge on any atom is -0.309 e. The molecule has 0 saturated heterocycles. The van der Waals surface area contributed by atoms with E-state index in [9.17, 15) is 10.5 Å². The Labute approximate surface area is 466 Å². The summed E-state index contributed by atoms with van der Waals surface area (Å²) in [5.41, 5.74) is 7.55. The predicted molar refractivity (Wildman–Crippen MR) is 314 cm³/mol. The Morgan fingerprint density at radius 1 is 0.317 bits per heavy atom. The highest BCUT2D eigenvalue weighted by Crippen LogP contribution is 2.44. The van der Waals surface area contributed by atoms with E-state index in [2.05, 4.69) is 6.07 Å². The molecule has 10 aromatic carbocycles. The average molecular weight is 1070 g/mol. The molecule has 0 bridgehead atoms. The van der Waals surface area contributed by atoms with Crippen molar-refractivity contribution in [2.45, 2.75) is 6.18 Å². The molecule has 14 rings (SSSR count). The molecule has 4 aromatic heterocycles. The van der Waals surface area contributed by atoms with Gasteiger partial charge < -0.3 is 9.13 Å². The van der Waals surface area contributed by atoms with Crippen LogP contribution in [-0.4, -0.2) is 39.0 Å². The predicted octanol–water partition coefficient (Wildman–Crippen LogP) is 16.7. The van der Waals surface area contributed by atoms with E-state index < -0.39 is 11.7 Å². The number of rotatable bonds is 9. The molecule has 0 radical (unpaired) electrons. The minimum absolute atomic E-state index is 0.111. The largest absolute Gasteiger partial charge is 0.416 e. The molecule has 0 spiro atoms. The Kier molecular flexibility index (Phi) is 11.8. The maximum Gasteiger partial charge on any atom is 0.416 e. The van der Waals surface area contributed by atoms with Crippen LogP contribution in [0.3, 0.4) is 0 Å². The summed E-state index contributed by atoms with van der Waals surface area (Å²) in [5.74, 6) is 2.71. The first-order valence-electron chi connectivity index (χ1n) is 26.2. The molecule has 10 nitrogen and oxygen atoms in total. The summed E-state index contributed by atoms with van der Waals surface area (Å²) >= 11 is 0. The number of aromatic nitrogens is 8. The lowest BCUT2D eigenvalue weighted by Crippen LogP contribution is -2.07. The topological polar surface area (TPSA) is 135 Å². The third-order valence-electron chi connectivity index (χ3n) is 14.7. The summed E-state index contributed by atoms with van der Waals surface area (Å²) in [7, 11) is 0. The van der Waals surface area contributed by atoms with Gasteiger partial charge in [0.05, 0.1) is 56.2 Å². The fourth-order valence-electron chi connectivity index (χ4n) is 10.9. The number of fused-ring (bicyclic) bond motifs is 6. The number of benzene rings is 10. The van der Waals surface area contributed by atoms with E-state index in [1.165, 1.54) is 6.07 Å². The number of para-hydroxylation sites is 2. The number of nitriles is 2. The Morgan fingerprint density at radius 2 is 0.695 bits per heavy atom. The van der Waals surface area contributed by atoms with Crippen molar-refractivity contribution in [3.8, 4) is 103 Å². The highest BCUT2D eigenvalue weighted by Gasteiger charge is 2.32. The van der Waals surface area contributed by atoms with E-state index in [-0.39, 0.29) is 16.7 Å². The number of nitrogens with zero attached hydrogens (tertiary/aromatic N) is 10. The SMILES string of the molecule is N#Cc1cc(-c2cc(-n3c4ccccc4c4ccc(-c5nc(-c6ccccc6)nc(-c6ccccc6)n5)cc43)c(C#N)cc2-n2c3ccccc3c3ccc(-c4nc(-c5ccccc5)nc(-c5ccccc5)n4)cc32)cc(C(F)(F)F)c1. The van der Waals surface area contributed by atoms with Gasteiger partial charge in [0.15, 0.2) is 34.9 Å². The molecule has 0 atom stereocenters. The molecule has 0 unspecified atom stereocenters. The highest BCUT2D eigenvalue weighted by molar-refractivity contribution is 6.12. The van der Waals surface area contributed by atoms with Crippen molar-refractivity contribution in [3.05, 3.63) is 253 Å². The Bertz CT molecular complexity index is 4810. The fraction of sp³-hybridized carbons (Fsp3) is 0.0145. The van der Waals surface area contributed by atoms with Crippen molar-refractivity contribution in [1.29, 1.82) is 10.5 Å².